The zero-order valence-corrected chi connectivity index (χ0v) is 10.7. The van der Waals surface area contributed by atoms with Crippen molar-refractivity contribution in [3.05, 3.63) is 30.2 Å². The smallest absolute Gasteiger partial charge is 0.129 e. The average molecular weight is 241 g/mol. The molecular formula is C13H15N5. The van der Waals surface area contributed by atoms with Crippen LogP contribution in [-0.2, 0) is 14.1 Å². The van der Waals surface area contributed by atoms with Crippen LogP contribution in [0.25, 0.3) is 22.2 Å². The van der Waals surface area contributed by atoms with Crippen LogP contribution in [0.5, 0.6) is 0 Å². The van der Waals surface area contributed by atoms with Crippen LogP contribution in [-0.4, -0.2) is 19.3 Å². The number of anilines is 1. The Kier molecular flexibility index (Phi) is 2.16. The molecule has 2 heterocycles. The van der Waals surface area contributed by atoms with Crippen molar-refractivity contribution in [3.8, 4) is 11.1 Å². The number of aryl methyl sites for hydroxylation is 3. The van der Waals surface area contributed by atoms with E-state index in [0.29, 0.717) is 5.82 Å². The lowest BCUT2D eigenvalue weighted by atomic mass is 10.1. The summed E-state index contributed by atoms with van der Waals surface area (Å²) in [6, 6.07) is 6.17. The van der Waals surface area contributed by atoms with E-state index in [-0.39, 0.29) is 0 Å². The SMILES string of the molecule is Cc1nn(C)c(N)c1-c1ccc2c(c1)ncn2C. The van der Waals surface area contributed by atoms with Crippen LogP contribution in [0.1, 0.15) is 5.69 Å². The second-order valence-corrected chi connectivity index (χ2v) is 4.53. The third kappa shape index (κ3) is 1.40. The Morgan fingerprint density at radius 3 is 2.67 bits per heavy atom. The van der Waals surface area contributed by atoms with Crippen LogP contribution < -0.4 is 5.73 Å². The van der Waals surface area contributed by atoms with Gasteiger partial charge in [0.15, 0.2) is 0 Å². The molecule has 0 aliphatic heterocycles. The van der Waals surface area contributed by atoms with Gasteiger partial charge >= 0.3 is 0 Å². The van der Waals surface area contributed by atoms with Gasteiger partial charge in [0.25, 0.3) is 0 Å². The van der Waals surface area contributed by atoms with E-state index in [1.807, 2.05) is 31.9 Å². The molecule has 3 aromatic rings. The van der Waals surface area contributed by atoms with Crippen molar-refractivity contribution in [2.75, 3.05) is 5.73 Å². The van der Waals surface area contributed by atoms with Gasteiger partial charge in [-0.05, 0) is 24.6 Å². The van der Waals surface area contributed by atoms with E-state index in [4.69, 9.17) is 5.73 Å². The molecule has 0 unspecified atom stereocenters. The number of fused-ring (bicyclic) bond motifs is 1. The molecule has 2 N–H and O–H groups in total. The van der Waals surface area contributed by atoms with E-state index in [2.05, 4.69) is 28.3 Å². The molecule has 0 fully saturated rings. The van der Waals surface area contributed by atoms with E-state index in [0.717, 1.165) is 27.9 Å². The van der Waals surface area contributed by atoms with Gasteiger partial charge in [-0.1, -0.05) is 6.07 Å². The average Bonchev–Trinajstić information content (AvgIpc) is 2.81. The van der Waals surface area contributed by atoms with E-state index in [1.54, 1.807) is 4.68 Å². The Bertz CT molecular complexity index is 735. The van der Waals surface area contributed by atoms with E-state index in [1.165, 1.54) is 0 Å². The van der Waals surface area contributed by atoms with Crippen molar-refractivity contribution in [3.63, 3.8) is 0 Å². The molecule has 0 amide bonds. The second-order valence-electron chi connectivity index (χ2n) is 4.53. The van der Waals surface area contributed by atoms with Gasteiger partial charge in [-0.25, -0.2) is 4.98 Å². The lowest BCUT2D eigenvalue weighted by Gasteiger charge is -2.03. The summed E-state index contributed by atoms with van der Waals surface area (Å²) in [6.45, 7) is 1.97. The molecule has 0 bridgehead atoms. The van der Waals surface area contributed by atoms with Gasteiger partial charge in [-0.2, -0.15) is 5.10 Å². The first-order valence-electron chi connectivity index (χ1n) is 5.78. The maximum Gasteiger partial charge on any atom is 0.129 e. The topological polar surface area (TPSA) is 61.7 Å². The van der Waals surface area contributed by atoms with Crippen molar-refractivity contribution in [2.45, 2.75) is 6.92 Å². The Morgan fingerprint density at radius 2 is 2.00 bits per heavy atom. The quantitative estimate of drug-likeness (QED) is 0.707. The molecule has 5 nitrogen and oxygen atoms in total. The monoisotopic (exact) mass is 241 g/mol. The summed E-state index contributed by atoms with van der Waals surface area (Å²) in [6.07, 6.45) is 1.81. The first-order chi connectivity index (χ1) is 8.58. The highest BCUT2D eigenvalue weighted by Crippen LogP contribution is 2.30. The van der Waals surface area contributed by atoms with Crippen LogP contribution in [0.2, 0.25) is 0 Å². The lowest BCUT2D eigenvalue weighted by molar-refractivity contribution is 0.767. The number of rotatable bonds is 1. The predicted molar refractivity (Wildman–Crippen MR) is 72.1 cm³/mol. The fraction of sp³-hybridized carbons (Fsp3) is 0.231. The van der Waals surface area contributed by atoms with Crippen LogP contribution in [0.15, 0.2) is 24.5 Å². The first-order valence-corrected chi connectivity index (χ1v) is 5.78. The molecule has 92 valence electrons. The van der Waals surface area contributed by atoms with E-state index < -0.39 is 0 Å². The number of hydrogen-bond donors (Lipinski definition) is 1. The fourth-order valence-corrected chi connectivity index (χ4v) is 2.32. The standard InChI is InChI=1S/C13H15N5/c1-8-12(13(14)18(3)16-8)9-4-5-11-10(6-9)15-7-17(11)2/h4-7H,14H2,1-3H3. The molecule has 0 spiro atoms. The minimum atomic E-state index is 0.683. The first kappa shape index (κ1) is 10.8. The molecule has 0 aliphatic carbocycles. The molecule has 18 heavy (non-hydrogen) atoms. The maximum atomic E-state index is 6.06. The van der Waals surface area contributed by atoms with Crippen molar-refractivity contribution < 1.29 is 0 Å². The number of nitrogens with zero attached hydrogens (tertiary/aromatic N) is 4. The molecule has 5 heteroatoms. The van der Waals surface area contributed by atoms with Crippen molar-refractivity contribution >= 4 is 16.9 Å². The fourth-order valence-electron chi connectivity index (χ4n) is 2.32. The van der Waals surface area contributed by atoms with Crippen molar-refractivity contribution in [1.82, 2.24) is 19.3 Å². The number of hydrogen-bond acceptors (Lipinski definition) is 3. The molecule has 0 saturated carbocycles. The molecule has 0 atom stereocenters. The third-order valence-electron chi connectivity index (χ3n) is 3.28. The number of benzene rings is 1. The minimum absolute atomic E-state index is 0.683. The number of imidazole rings is 1. The molecule has 3 rings (SSSR count). The highest BCUT2D eigenvalue weighted by atomic mass is 15.3. The molecule has 1 aromatic carbocycles. The normalized spacial score (nSPS) is 11.3. The molecule has 0 aliphatic rings. The van der Waals surface area contributed by atoms with Crippen LogP contribution in [0.4, 0.5) is 5.82 Å². The van der Waals surface area contributed by atoms with Crippen LogP contribution in [0, 0.1) is 6.92 Å². The van der Waals surface area contributed by atoms with Crippen LogP contribution in [0.3, 0.4) is 0 Å². The molecule has 2 aromatic heterocycles. The largest absolute Gasteiger partial charge is 0.383 e. The Hall–Kier alpha value is -2.30. The van der Waals surface area contributed by atoms with Gasteiger partial charge in [-0.15, -0.1) is 0 Å². The Balaban J connectivity index is 2.25. The predicted octanol–water partition coefficient (Wildman–Crippen LogP) is 1.86. The Labute approximate surface area is 105 Å². The summed E-state index contributed by atoms with van der Waals surface area (Å²) < 4.78 is 3.70. The zero-order valence-electron chi connectivity index (χ0n) is 10.7. The van der Waals surface area contributed by atoms with Crippen molar-refractivity contribution in [2.24, 2.45) is 14.1 Å². The summed E-state index contributed by atoms with van der Waals surface area (Å²) in [5, 5.41) is 4.34. The molecule has 0 saturated heterocycles. The maximum absolute atomic E-state index is 6.06. The lowest BCUT2D eigenvalue weighted by Crippen LogP contribution is -1.98. The summed E-state index contributed by atoms with van der Waals surface area (Å²) >= 11 is 0. The Morgan fingerprint density at radius 1 is 1.22 bits per heavy atom. The second kappa shape index (κ2) is 3.60. The highest BCUT2D eigenvalue weighted by Gasteiger charge is 2.13. The summed E-state index contributed by atoms with van der Waals surface area (Å²) in [4.78, 5) is 4.37. The minimum Gasteiger partial charge on any atom is -0.383 e. The summed E-state index contributed by atoms with van der Waals surface area (Å²) in [5.74, 6) is 0.683. The summed E-state index contributed by atoms with van der Waals surface area (Å²) in [5.41, 5.74) is 11.1. The number of nitrogen functional groups attached to an aromatic ring is 1. The van der Waals surface area contributed by atoms with Gasteiger partial charge in [0, 0.05) is 19.7 Å². The van der Waals surface area contributed by atoms with E-state index >= 15 is 0 Å². The highest BCUT2D eigenvalue weighted by molar-refractivity contribution is 5.85. The van der Waals surface area contributed by atoms with Crippen molar-refractivity contribution in [1.29, 1.82) is 0 Å². The van der Waals surface area contributed by atoms with Gasteiger partial charge in [0.05, 0.1) is 23.1 Å². The van der Waals surface area contributed by atoms with Crippen LogP contribution >= 0.6 is 0 Å². The summed E-state index contributed by atoms with van der Waals surface area (Å²) in [7, 11) is 3.84. The van der Waals surface area contributed by atoms with Gasteiger partial charge in [0.2, 0.25) is 0 Å². The van der Waals surface area contributed by atoms with Gasteiger partial charge in [0.1, 0.15) is 5.82 Å². The van der Waals surface area contributed by atoms with E-state index in [9.17, 15) is 0 Å². The zero-order chi connectivity index (χ0) is 12.9. The van der Waals surface area contributed by atoms with Gasteiger partial charge in [-0.3, -0.25) is 4.68 Å². The molecular weight excluding hydrogens is 226 g/mol. The number of aromatic nitrogens is 4. The third-order valence-corrected chi connectivity index (χ3v) is 3.28. The van der Waals surface area contributed by atoms with Gasteiger partial charge < -0.3 is 10.3 Å². The number of nitrogens with two attached hydrogens (primary N) is 1. The molecule has 0 radical (unpaired) electrons.